The number of rotatable bonds is 6. The number of ether oxygens (including phenoxy) is 1. The molecular formula is C15H15N5O3. The number of para-hydroxylation sites is 1. The second kappa shape index (κ2) is 6.30. The highest BCUT2D eigenvalue weighted by Crippen LogP contribution is 2.09. The summed E-state index contributed by atoms with van der Waals surface area (Å²) in [4.78, 5) is 27.3. The highest BCUT2D eigenvalue weighted by molar-refractivity contribution is 5.75. The largest absolute Gasteiger partial charge is 0.492 e. The Balaban J connectivity index is 1.76. The minimum atomic E-state index is -0.600. The molecule has 2 heterocycles. The Morgan fingerprint density at radius 2 is 2.04 bits per heavy atom. The number of carbonyl (C=O) groups excluding carboxylic acids is 1. The zero-order valence-corrected chi connectivity index (χ0v) is 12.3. The van der Waals surface area contributed by atoms with Crippen molar-refractivity contribution < 1.29 is 9.53 Å². The monoisotopic (exact) mass is 313 g/mol. The van der Waals surface area contributed by atoms with Gasteiger partial charge in [-0.3, -0.25) is 14.2 Å². The number of benzene rings is 1. The number of aromatic nitrogens is 4. The molecule has 0 saturated heterocycles. The summed E-state index contributed by atoms with van der Waals surface area (Å²) >= 11 is 0. The first-order chi connectivity index (χ1) is 11.1. The molecule has 0 unspecified atom stereocenters. The fraction of sp³-hybridized carbons (Fsp3) is 0.200. The molecule has 0 aliphatic heterocycles. The van der Waals surface area contributed by atoms with Gasteiger partial charge in [0, 0.05) is 0 Å². The van der Waals surface area contributed by atoms with Gasteiger partial charge in [0.1, 0.15) is 30.6 Å². The first-order valence-electron chi connectivity index (χ1n) is 7.02. The number of primary amides is 1. The van der Waals surface area contributed by atoms with Crippen molar-refractivity contribution >= 4 is 16.9 Å². The van der Waals surface area contributed by atoms with Crippen molar-refractivity contribution in [1.82, 2.24) is 19.3 Å². The van der Waals surface area contributed by atoms with Crippen molar-refractivity contribution in [2.24, 2.45) is 5.73 Å². The fourth-order valence-electron chi connectivity index (χ4n) is 2.21. The van der Waals surface area contributed by atoms with Gasteiger partial charge in [0.2, 0.25) is 5.91 Å². The van der Waals surface area contributed by atoms with Gasteiger partial charge in [-0.2, -0.15) is 5.10 Å². The maximum Gasteiger partial charge on any atom is 0.264 e. The van der Waals surface area contributed by atoms with Crippen molar-refractivity contribution in [2.45, 2.75) is 13.1 Å². The second-order valence-corrected chi connectivity index (χ2v) is 4.91. The van der Waals surface area contributed by atoms with E-state index < -0.39 is 5.91 Å². The van der Waals surface area contributed by atoms with Crippen LogP contribution in [0.25, 0.3) is 11.0 Å². The quantitative estimate of drug-likeness (QED) is 0.698. The fourth-order valence-corrected chi connectivity index (χ4v) is 2.21. The zero-order chi connectivity index (χ0) is 16.2. The molecule has 2 aromatic heterocycles. The molecular weight excluding hydrogens is 298 g/mol. The van der Waals surface area contributed by atoms with Crippen LogP contribution in [0, 0.1) is 0 Å². The lowest BCUT2D eigenvalue weighted by molar-refractivity contribution is -0.118. The molecule has 8 nitrogen and oxygen atoms in total. The van der Waals surface area contributed by atoms with E-state index in [4.69, 9.17) is 10.5 Å². The first-order valence-corrected chi connectivity index (χ1v) is 7.02. The highest BCUT2D eigenvalue weighted by atomic mass is 16.5. The summed E-state index contributed by atoms with van der Waals surface area (Å²) in [6, 6.07) is 9.42. The molecule has 0 bridgehead atoms. The Morgan fingerprint density at radius 3 is 2.78 bits per heavy atom. The summed E-state index contributed by atoms with van der Waals surface area (Å²) in [6.07, 6.45) is 2.73. The lowest BCUT2D eigenvalue weighted by atomic mass is 10.3. The van der Waals surface area contributed by atoms with E-state index in [9.17, 15) is 9.59 Å². The number of nitrogens with zero attached hydrogens (tertiary/aromatic N) is 4. The van der Waals surface area contributed by atoms with E-state index in [1.54, 1.807) is 4.68 Å². The Hall–Kier alpha value is -3.16. The molecule has 0 saturated carbocycles. The van der Waals surface area contributed by atoms with E-state index in [-0.39, 0.29) is 12.1 Å². The van der Waals surface area contributed by atoms with Crippen LogP contribution in [0.5, 0.6) is 5.75 Å². The van der Waals surface area contributed by atoms with E-state index >= 15 is 0 Å². The van der Waals surface area contributed by atoms with Gasteiger partial charge >= 0.3 is 0 Å². The van der Waals surface area contributed by atoms with Gasteiger partial charge in [-0.25, -0.2) is 9.67 Å². The lowest BCUT2D eigenvalue weighted by Gasteiger charge is -2.07. The van der Waals surface area contributed by atoms with Crippen LogP contribution in [-0.2, 0) is 17.9 Å². The molecule has 8 heteroatoms. The van der Waals surface area contributed by atoms with Gasteiger partial charge in [-0.15, -0.1) is 0 Å². The number of carbonyl (C=O) groups is 1. The van der Waals surface area contributed by atoms with Gasteiger partial charge < -0.3 is 10.5 Å². The molecule has 3 aromatic rings. The van der Waals surface area contributed by atoms with Gasteiger partial charge in [0.05, 0.1) is 12.7 Å². The smallest absolute Gasteiger partial charge is 0.264 e. The van der Waals surface area contributed by atoms with Crippen LogP contribution in [0.15, 0.2) is 47.7 Å². The predicted octanol–water partition coefficient (Wildman–Crippen LogP) is 0.157. The van der Waals surface area contributed by atoms with Gasteiger partial charge in [-0.05, 0) is 12.1 Å². The molecule has 0 fully saturated rings. The summed E-state index contributed by atoms with van der Waals surface area (Å²) in [7, 11) is 0. The SMILES string of the molecule is NC(=O)Cn1cnc2c(cnn2CCOc2ccccc2)c1=O. The molecule has 118 valence electrons. The standard InChI is InChI=1S/C15H15N5O3/c16-13(21)9-19-10-17-14-12(15(19)22)8-18-20(14)6-7-23-11-4-2-1-3-5-11/h1-5,8,10H,6-7,9H2,(H2,16,21). The summed E-state index contributed by atoms with van der Waals surface area (Å²) in [5, 5.41) is 4.49. The average Bonchev–Trinajstić information content (AvgIpc) is 2.95. The molecule has 0 aliphatic rings. The topological polar surface area (TPSA) is 105 Å². The molecule has 23 heavy (non-hydrogen) atoms. The summed E-state index contributed by atoms with van der Waals surface area (Å²) in [5.41, 5.74) is 5.21. The molecule has 3 rings (SSSR count). The van der Waals surface area contributed by atoms with Crippen molar-refractivity contribution in [1.29, 1.82) is 0 Å². The minimum Gasteiger partial charge on any atom is -0.492 e. The molecule has 0 atom stereocenters. The molecule has 1 amide bonds. The van der Waals surface area contributed by atoms with E-state index in [1.807, 2.05) is 30.3 Å². The average molecular weight is 313 g/mol. The molecule has 0 radical (unpaired) electrons. The number of fused-ring (bicyclic) bond motifs is 1. The molecule has 0 spiro atoms. The van der Waals surface area contributed by atoms with Crippen molar-refractivity contribution in [3.8, 4) is 5.75 Å². The Bertz CT molecular complexity index is 885. The van der Waals surface area contributed by atoms with Crippen LogP contribution in [0.2, 0.25) is 0 Å². The van der Waals surface area contributed by atoms with Gasteiger partial charge in [0.15, 0.2) is 5.65 Å². The first kappa shape index (κ1) is 14.8. The van der Waals surface area contributed by atoms with Crippen LogP contribution in [0.1, 0.15) is 0 Å². The third-order valence-electron chi connectivity index (χ3n) is 3.26. The number of hydrogen-bond acceptors (Lipinski definition) is 5. The molecule has 0 aliphatic carbocycles. The Labute approximate surface area is 131 Å². The zero-order valence-electron chi connectivity index (χ0n) is 12.3. The van der Waals surface area contributed by atoms with Crippen molar-refractivity contribution in [3.63, 3.8) is 0 Å². The van der Waals surface area contributed by atoms with E-state index in [0.29, 0.717) is 24.2 Å². The maximum atomic E-state index is 12.2. The predicted molar refractivity (Wildman–Crippen MR) is 82.9 cm³/mol. The third kappa shape index (κ3) is 3.20. The third-order valence-corrected chi connectivity index (χ3v) is 3.26. The van der Waals surface area contributed by atoms with Crippen molar-refractivity contribution in [3.05, 3.63) is 53.2 Å². The number of amides is 1. The number of hydrogen-bond donors (Lipinski definition) is 1. The van der Waals surface area contributed by atoms with E-state index in [1.165, 1.54) is 12.5 Å². The van der Waals surface area contributed by atoms with Crippen molar-refractivity contribution in [2.75, 3.05) is 6.61 Å². The molecule has 1 aromatic carbocycles. The van der Waals surface area contributed by atoms with Crippen LogP contribution < -0.4 is 16.0 Å². The van der Waals surface area contributed by atoms with E-state index in [0.717, 1.165) is 10.3 Å². The molecule has 2 N–H and O–H groups in total. The Kier molecular flexibility index (Phi) is 4.05. The maximum absolute atomic E-state index is 12.2. The second-order valence-electron chi connectivity index (χ2n) is 4.91. The number of nitrogens with two attached hydrogens (primary N) is 1. The van der Waals surface area contributed by atoms with Crippen LogP contribution in [0.3, 0.4) is 0 Å². The van der Waals surface area contributed by atoms with Gasteiger partial charge in [-0.1, -0.05) is 18.2 Å². The highest BCUT2D eigenvalue weighted by Gasteiger charge is 2.11. The van der Waals surface area contributed by atoms with E-state index in [2.05, 4.69) is 10.1 Å². The van der Waals surface area contributed by atoms with Crippen LogP contribution in [-0.4, -0.2) is 31.8 Å². The van der Waals surface area contributed by atoms with Crippen LogP contribution in [0.4, 0.5) is 0 Å². The minimum absolute atomic E-state index is 0.204. The Morgan fingerprint density at radius 1 is 1.26 bits per heavy atom. The summed E-state index contributed by atoms with van der Waals surface area (Å²) in [5.74, 6) is 0.164. The summed E-state index contributed by atoms with van der Waals surface area (Å²) < 4.78 is 8.36. The lowest BCUT2D eigenvalue weighted by Crippen LogP contribution is -2.28. The van der Waals surface area contributed by atoms with Gasteiger partial charge in [0.25, 0.3) is 5.56 Å². The van der Waals surface area contributed by atoms with Crippen LogP contribution >= 0.6 is 0 Å². The normalized spacial score (nSPS) is 10.8. The summed E-state index contributed by atoms with van der Waals surface area (Å²) in [6.45, 7) is 0.640.